The molecule has 7 rings (SSSR count). The van der Waals surface area contributed by atoms with Gasteiger partial charge in [-0.1, -0.05) is 97.1 Å². The standard InChI is InChI=1S/C47H46O8/c48-25-26-51-41-11-8-12-42(35-41)55-34-30-50-29-33-54-40-23-19-37(20-24-40)47(45-15-6-4-13-43(45)44-14-5-7-16-46(44)47)36-17-21-39(22-18-36)53-32-28-49-27-31-52-38-9-2-1-3-10-38/h1-24,35,48H,25-34H2. The number of fused-ring (bicyclic) bond motifs is 3. The van der Waals surface area contributed by atoms with E-state index in [9.17, 15) is 0 Å². The zero-order valence-corrected chi connectivity index (χ0v) is 30.8. The molecule has 1 aliphatic carbocycles. The van der Waals surface area contributed by atoms with Crippen LogP contribution in [0.2, 0.25) is 0 Å². The molecule has 0 saturated heterocycles. The van der Waals surface area contributed by atoms with Crippen LogP contribution >= 0.6 is 0 Å². The van der Waals surface area contributed by atoms with Crippen LogP contribution in [-0.4, -0.2) is 71.2 Å². The van der Waals surface area contributed by atoms with Crippen molar-refractivity contribution in [3.8, 4) is 39.9 Å². The van der Waals surface area contributed by atoms with Crippen LogP contribution in [0.15, 0.2) is 152 Å². The largest absolute Gasteiger partial charge is 0.491 e. The third-order valence-corrected chi connectivity index (χ3v) is 9.42. The van der Waals surface area contributed by atoms with Crippen molar-refractivity contribution < 1.29 is 38.3 Å². The van der Waals surface area contributed by atoms with Crippen molar-refractivity contribution in [1.82, 2.24) is 0 Å². The van der Waals surface area contributed by atoms with Crippen LogP contribution < -0.4 is 23.7 Å². The number of rotatable bonds is 21. The molecule has 0 fully saturated rings. The fourth-order valence-corrected chi connectivity index (χ4v) is 7.04. The van der Waals surface area contributed by atoms with E-state index in [2.05, 4.69) is 72.8 Å². The molecular formula is C47H46O8. The first-order chi connectivity index (χ1) is 27.3. The van der Waals surface area contributed by atoms with Gasteiger partial charge in [0.15, 0.2) is 0 Å². The molecule has 0 amide bonds. The van der Waals surface area contributed by atoms with E-state index in [0.29, 0.717) is 64.4 Å². The lowest BCUT2D eigenvalue weighted by Gasteiger charge is -2.34. The Bertz CT molecular complexity index is 2020. The van der Waals surface area contributed by atoms with Crippen LogP contribution in [0, 0.1) is 0 Å². The first-order valence-electron chi connectivity index (χ1n) is 18.7. The van der Waals surface area contributed by atoms with E-state index in [1.807, 2.05) is 72.8 Å². The highest BCUT2D eigenvalue weighted by atomic mass is 16.6. The Labute approximate surface area is 322 Å². The highest BCUT2D eigenvalue weighted by Crippen LogP contribution is 2.56. The van der Waals surface area contributed by atoms with Gasteiger partial charge in [-0.05, 0) is 81.9 Å². The molecule has 8 nitrogen and oxygen atoms in total. The maximum absolute atomic E-state index is 8.96. The first-order valence-corrected chi connectivity index (χ1v) is 18.7. The third kappa shape index (κ3) is 9.12. The Morgan fingerprint density at radius 3 is 1.20 bits per heavy atom. The van der Waals surface area contributed by atoms with Crippen LogP contribution in [-0.2, 0) is 14.9 Å². The molecule has 0 radical (unpaired) electrons. The minimum atomic E-state index is -0.528. The second-order valence-electron chi connectivity index (χ2n) is 12.9. The lowest BCUT2D eigenvalue weighted by molar-refractivity contribution is 0.0763. The summed E-state index contributed by atoms with van der Waals surface area (Å²) >= 11 is 0. The molecule has 0 heterocycles. The Kier molecular flexibility index (Phi) is 13.0. The van der Waals surface area contributed by atoms with E-state index in [4.69, 9.17) is 38.3 Å². The maximum atomic E-state index is 8.96. The summed E-state index contributed by atoms with van der Waals surface area (Å²) in [5.41, 5.74) is 6.72. The van der Waals surface area contributed by atoms with Crippen molar-refractivity contribution in [3.63, 3.8) is 0 Å². The SMILES string of the molecule is OCCOc1cccc(OCCOCCOc2ccc(C3(c4ccc(OCCOCCOc5ccccc5)cc4)c4ccccc4-c4ccccc43)cc2)c1. The summed E-state index contributed by atoms with van der Waals surface area (Å²) in [6.07, 6.45) is 0. The number of benzene rings is 6. The molecule has 6 aromatic rings. The molecule has 0 spiro atoms. The molecule has 282 valence electrons. The van der Waals surface area contributed by atoms with Gasteiger partial charge in [0.05, 0.1) is 38.4 Å². The van der Waals surface area contributed by atoms with Gasteiger partial charge in [0, 0.05) is 6.07 Å². The van der Waals surface area contributed by atoms with Gasteiger partial charge in [-0.3, -0.25) is 0 Å². The predicted molar refractivity (Wildman–Crippen MR) is 213 cm³/mol. The second kappa shape index (κ2) is 19.0. The molecule has 0 bridgehead atoms. The maximum Gasteiger partial charge on any atom is 0.123 e. The van der Waals surface area contributed by atoms with Gasteiger partial charge in [0.1, 0.15) is 61.8 Å². The fraction of sp³-hybridized carbons (Fsp3) is 0.234. The minimum Gasteiger partial charge on any atom is -0.491 e. The topological polar surface area (TPSA) is 84.8 Å². The van der Waals surface area contributed by atoms with E-state index in [-0.39, 0.29) is 13.2 Å². The summed E-state index contributed by atoms with van der Waals surface area (Å²) < 4.78 is 40.6. The van der Waals surface area contributed by atoms with Crippen LogP contribution in [0.5, 0.6) is 28.7 Å². The van der Waals surface area contributed by atoms with Gasteiger partial charge in [-0.2, -0.15) is 0 Å². The van der Waals surface area contributed by atoms with Crippen LogP contribution in [0.25, 0.3) is 11.1 Å². The number of ether oxygens (including phenoxy) is 7. The Balaban J connectivity index is 0.966. The summed E-state index contributed by atoms with van der Waals surface area (Å²) in [5.74, 6) is 3.74. The average Bonchev–Trinajstić information content (AvgIpc) is 3.54. The van der Waals surface area contributed by atoms with E-state index in [1.54, 1.807) is 6.07 Å². The van der Waals surface area contributed by atoms with Gasteiger partial charge in [0.2, 0.25) is 0 Å². The average molecular weight is 739 g/mol. The monoisotopic (exact) mass is 738 g/mol. The molecule has 0 saturated carbocycles. The molecule has 1 N–H and O–H groups in total. The summed E-state index contributed by atoms with van der Waals surface area (Å²) in [7, 11) is 0. The summed E-state index contributed by atoms with van der Waals surface area (Å²) in [6.45, 7) is 3.77. The zero-order valence-electron chi connectivity index (χ0n) is 30.8. The quantitative estimate of drug-likeness (QED) is 0.0737. The van der Waals surface area contributed by atoms with E-state index >= 15 is 0 Å². The molecule has 6 aromatic carbocycles. The Morgan fingerprint density at radius 1 is 0.345 bits per heavy atom. The van der Waals surface area contributed by atoms with E-state index < -0.39 is 5.41 Å². The van der Waals surface area contributed by atoms with Crippen molar-refractivity contribution >= 4 is 0 Å². The van der Waals surface area contributed by atoms with Crippen LogP contribution in [0.1, 0.15) is 22.3 Å². The lowest BCUT2D eigenvalue weighted by atomic mass is 9.68. The molecule has 0 aliphatic heterocycles. The number of aliphatic hydroxyl groups is 1. The number of hydrogen-bond acceptors (Lipinski definition) is 8. The number of hydrogen-bond donors (Lipinski definition) is 1. The van der Waals surface area contributed by atoms with Crippen molar-refractivity contribution in [2.75, 3.05) is 66.1 Å². The molecule has 0 aromatic heterocycles. The normalized spacial score (nSPS) is 12.4. The first kappa shape index (κ1) is 37.5. The molecule has 0 unspecified atom stereocenters. The highest BCUT2D eigenvalue weighted by molar-refractivity contribution is 5.86. The smallest absolute Gasteiger partial charge is 0.123 e. The van der Waals surface area contributed by atoms with Gasteiger partial charge >= 0.3 is 0 Å². The van der Waals surface area contributed by atoms with Gasteiger partial charge < -0.3 is 38.3 Å². The van der Waals surface area contributed by atoms with Crippen molar-refractivity contribution in [3.05, 3.63) is 174 Å². The predicted octanol–water partition coefficient (Wildman–Crippen LogP) is 8.37. The summed E-state index contributed by atoms with van der Waals surface area (Å²) in [6, 6.07) is 51.3. The highest BCUT2D eigenvalue weighted by Gasteiger charge is 2.45. The Morgan fingerprint density at radius 2 is 0.727 bits per heavy atom. The molecule has 0 atom stereocenters. The van der Waals surface area contributed by atoms with Crippen molar-refractivity contribution in [2.45, 2.75) is 5.41 Å². The third-order valence-electron chi connectivity index (χ3n) is 9.42. The van der Waals surface area contributed by atoms with Crippen molar-refractivity contribution in [1.29, 1.82) is 0 Å². The van der Waals surface area contributed by atoms with Gasteiger partial charge in [-0.15, -0.1) is 0 Å². The van der Waals surface area contributed by atoms with E-state index in [0.717, 1.165) is 28.4 Å². The lowest BCUT2D eigenvalue weighted by Crippen LogP contribution is -2.28. The number of aliphatic hydroxyl groups excluding tert-OH is 1. The molecule has 55 heavy (non-hydrogen) atoms. The van der Waals surface area contributed by atoms with Crippen molar-refractivity contribution in [2.24, 2.45) is 0 Å². The molecule has 1 aliphatic rings. The fourth-order valence-electron chi connectivity index (χ4n) is 7.04. The van der Waals surface area contributed by atoms with Gasteiger partial charge in [-0.25, -0.2) is 0 Å². The van der Waals surface area contributed by atoms with Crippen LogP contribution in [0.4, 0.5) is 0 Å². The second-order valence-corrected chi connectivity index (χ2v) is 12.9. The zero-order chi connectivity index (χ0) is 37.5. The number of para-hydroxylation sites is 1. The van der Waals surface area contributed by atoms with E-state index in [1.165, 1.54) is 22.3 Å². The summed E-state index contributed by atoms with van der Waals surface area (Å²) in [4.78, 5) is 0. The minimum absolute atomic E-state index is 0.0362. The molecular weight excluding hydrogens is 693 g/mol. The Hall–Kier alpha value is -5.80. The molecule has 8 heteroatoms. The summed E-state index contributed by atoms with van der Waals surface area (Å²) in [5, 5.41) is 8.96. The van der Waals surface area contributed by atoms with Gasteiger partial charge in [0.25, 0.3) is 0 Å². The van der Waals surface area contributed by atoms with Crippen LogP contribution in [0.3, 0.4) is 0 Å².